The maximum absolute atomic E-state index is 11.9. The lowest BCUT2D eigenvalue weighted by molar-refractivity contribution is -0.115. The van der Waals surface area contributed by atoms with Gasteiger partial charge in [-0.15, -0.1) is 0 Å². The van der Waals surface area contributed by atoms with Gasteiger partial charge in [-0.05, 0) is 17.7 Å². The zero-order chi connectivity index (χ0) is 16.9. The van der Waals surface area contributed by atoms with Crippen molar-refractivity contribution in [1.82, 2.24) is 5.32 Å². The Morgan fingerprint density at radius 1 is 1.17 bits per heavy atom. The average Bonchev–Trinajstić information content (AvgIpc) is 2.91. The van der Waals surface area contributed by atoms with E-state index in [-0.39, 0.29) is 5.91 Å². The van der Waals surface area contributed by atoms with Crippen LogP contribution in [0.5, 0.6) is 11.5 Å². The number of hydrogen-bond acceptors (Lipinski definition) is 5. The molecule has 2 aromatic rings. The minimum Gasteiger partial charge on any atom is -0.493 e. The maximum atomic E-state index is 11.9. The second-order valence-electron chi connectivity index (χ2n) is 5.01. The van der Waals surface area contributed by atoms with Crippen LogP contribution in [0.4, 0.5) is 0 Å². The summed E-state index contributed by atoms with van der Waals surface area (Å²) in [4.78, 5) is 12.4. The fourth-order valence-electron chi connectivity index (χ4n) is 2.25. The predicted molar refractivity (Wildman–Crippen MR) is 100 cm³/mol. The molecule has 1 aliphatic heterocycles. The van der Waals surface area contributed by atoms with Crippen molar-refractivity contribution < 1.29 is 14.3 Å². The van der Waals surface area contributed by atoms with Gasteiger partial charge in [-0.1, -0.05) is 66.4 Å². The van der Waals surface area contributed by atoms with E-state index in [9.17, 15) is 4.79 Å². The zero-order valence-electron chi connectivity index (χ0n) is 12.9. The Morgan fingerprint density at radius 2 is 1.96 bits per heavy atom. The van der Waals surface area contributed by atoms with Crippen LogP contribution in [-0.4, -0.2) is 17.3 Å². The first kappa shape index (κ1) is 16.5. The van der Waals surface area contributed by atoms with Crippen LogP contribution in [0.15, 0.2) is 53.4 Å². The topological polar surface area (TPSA) is 47.6 Å². The molecule has 1 aliphatic rings. The summed E-state index contributed by atoms with van der Waals surface area (Å²) < 4.78 is 11.8. The standard InChI is InChI=1S/C18H15NO3S2/c1-21-14-9-5-8-13(10-15-17(20)19-18(23)24-15)16(14)22-11-12-6-3-2-4-7-12/h2-10H,11H2,1H3,(H,19,20,23)/b15-10+. The third kappa shape index (κ3) is 3.77. The molecule has 0 saturated carbocycles. The molecular formula is C18H15NO3S2. The highest BCUT2D eigenvalue weighted by Gasteiger charge is 2.23. The number of hydrogen-bond donors (Lipinski definition) is 1. The second-order valence-corrected chi connectivity index (χ2v) is 6.72. The summed E-state index contributed by atoms with van der Waals surface area (Å²) in [5.74, 6) is 1.02. The summed E-state index contributed by atoms with van der Waals surface area (Å²) >= 11 is 6.26. The van der Waals surface area contributed by atoms with Crippen molar-refractivity contribution >= 4 is 40.3 Å². The largest absolute Gasteiger partial charge is 0.493 e. The third-order valence-electron chi connectivity index (χ3n) is 3.38. The molecule has 4 nitrogen and oxygen atoms in total. The van der Waals surface area contributed by atoms with E-state index in [0.717, 1.165) is 11.1 Å². The van der Waals surface area contributed by atoms with Gasteiger partial charge < -0.3 is 14.8 Å². The third-order valence-corrected chi connectivity index (χ3v) is 4.55. The molecule has 1 saturated heterocycles. The van der Waals surface area contributed by atoms with E-state index in [4.69, 9.17) is 21.7 Å². The minimum absolute atomic E-state index is 0.193. The number of amides is 1. The van der Waals surface area contributed by atoms with Crippen molar-refractivity contribution in [1.29, 1.82) is 0 Å². The fraction of sp³-hybridized carbons (Fsp3) is 0.111. The van der Waals surface area contributed by atoms with Crippen molar-refractivity contribution in [2.75, 3.05) is 7.11 Å². The average molecular weight is 357 g/mol. The van der Waals surface area contributed by atoms with Gasteiger partial charge in [-0.2, -0.15) is 0 Å². The van der Waals surface area contributed by atoms with Crippen LogP contribution in [0, 0.1) is 0 Å². The van der Waals surface area contributed by atoms with Gasteiger partial charge in [-0.25, -0.2) is 0 Å². The van der Waals surface area contributed by atoms with E-state index in [0.29, 0.717) is 27.3 Å². The molecule has 2 aromatic carbocycles. The van der Waals surface area contributed by atoms with Gasteiger partial charge >= 0.3 is 0 Å². The normalized spacial score (nSPS) is 15.5. The second kappa shape index (κ2) is 7.51. The molecule has 1 fully saturated rings. The molecule has 1 amide bonds. The van der Waals surface area contributed by atoms with Gasteiger partial charge in [0.2, 0.25) is 0 Å². The number of nitrogens with one attached hydrogen (secondary N) is 1. The predicted octanol–water partition coefficient (Wildman–Crippen LogP) is 3.76. The highest BCUT2D eigenvalue weighted by Crippen LogP contribution is 2.35. The molecule has 0 bridgehead atoms. The van der Waals surface area contributed by atoms with Gasteiger partial charge in [-0.3, -0.25) is 4.79 Å². The number of para-hydroxylation sites is 1. The van der Waals surface area contributed by atoms with Crippen molar-refractivity contribution in [3.8, 4) is 11.5 Å². The number of methoxy groups -OCH3 is 1. The number of thiocarbonyl (C=S) groups is 1. The SMILES string of the molecule is COc1cccc(/C=C2/SC(=S)NC2=O)c1OCc1ccccc1. The van der Waals surface area contributed by atoms with Crippen molar-refractivity contribution in [2.45, 2.75) is 6.61 Å². The maximum Gasteiger partial charge on any atom is 0.263 e. The lowest BCUT2D eigenvalue weighted by Crippen LogP contribution is -2.17. The number of carbonyl (C=O) groups excluding carboxylic acids is 1. The van der Waals surface area contributed by atoms with E-state index in [1.165, 1.54) is 11.8 Å². The highest BCUT2D eigenvalue weighted by atomic mass is 32.2. The van der Waals surface area contributed by atoms with E-state index in [1.807, 2.05) is 48.5 Å². The molecule has 1 heterocycles. The molecule has 0 radical (unpaired) electrons. The molecule has 0 unspecified atom stereocenters. The molecule has 0 aromatic heterocycles. The van der Waals surface area contributed by atoms with E-state index < -0.39 is 0 Å². The number of carbonyl (C=O) groups is 1. The summed E-state index contributed by atoms with van der Waals surface area (Å²) in [6, 6.07) is 15.4. The van der Waals surface area contributed by atoms with E-state index in [2.05, 4.69) is 5.32 Å². The molecule has 0 atom stereocenters. The van der Waals surface area contributed by atoms with Crippen LogP contribution in [0.2, 0.25) is 0 Å². The smallest absolute Gasteiger partial charge is 0.263 e. The Hall–Kier alpha value is -2.31. The van der Waals surface area contributed by atoms with Crippen LogP contribution >= 0.6 is 24.0 Å². The van der Waals surface area contributed by atoms with Crippen molar-refractivity contribution in [3.05, 3.63) is 64.6 Å². The van der Waals surface area contributed by atoms with E-state index >= 15 is 0 Å². The van der Waals surface area contributed by atoms with Crippen LogP contribution in [0.1, 0.15) is 11.1 Å². The molecule has 0 spiro atoms. The summed E-state index contributed by atoms with van der Waals surface area (Å²) in [5, 5.41) is 2.61. The molecule has 3 rings (SSSR count). The number of ether oxygens (including phenoxy) is 2. The number of rotatable bonds is 5. The minimum atomic E-state index is -0.193. The summed E-state index contributed by atoms with van der Waals surface area (Å²) in [6.07, 6.45) is 1.77. The molecule has 0 aliphatic carbocycles. The van der Waals surface area contributed by atoms with Crippen molar-refractivity contribution in [2.24, 2.45) is 0 Å². The van der Waals surface area contributed by atoms with E-state index in [1.54, 1.807) is 13.2 Å². The van der Waals surface area contributed by atoms with Crippen LogP contribution in [-0.2, 0) is 11.4 Å². The van der Waals surface area contributed by atoms with Gasteiger partial charge in [0, 0.05) is 5.56 Å². The Bertz CT molecular complexity index is 803. The molecule has 122 valence electrons. The van der Waals surface area contributed by atoms with Gasteiger partial charge in [0.1, 0.15) is 10.9 Å². The number of benzene rings is 2. The van der Waals surface area contributed by atoms with Crippen LogP contribution < -0.4 is 14.8 Å². The fourth-order valence-corrected chi connectivity index (χ4v) is 3.29. The first-order valence-corrected chi connectivity index (χ1v) is 8.48. The molecule has 24 heavy (non-hydrogen) atoms. The Labute approximate surface area is 149 Å². The summed E-state index contributed by atoms with van der Waals surface area (Å²) in [7, 11) is 1.59. The van der Waals surface area contributed by atoms with Gasteiger partial charge in [0.05, 0.1) is 12.0 Å². The Morgan fingerprint density at radius 3 is 2.62 bits per heavy atom. The lowest BCUT2D eigenvalue weighted by atomic mass is 10.1. The quantitative estimate of drug-likeness (QED) is 0.652. The van der Waals surface area contributed by atoms with Crippen molar-refractivity contribution in [3.63, 3.8) is 0 Å². The lowest BCUT2D eigenvalue weighted by Gasteiger charge is -2.13. The monoisotopic (exact) mass is 357 g/mol. The van der Waals surface area contributed by atoms with Crippen LogP contribution in [0.25, 0.3) is 6.08 Å². The Balaban J connectivity index is 1.90. The van der Waals surface area contributed by atoms with Crippen LogP contribution in [0.3, 0.4) is 0 Å². The summed E-state index contributed by atoms with van der Waals surface area (Å²) in [6.45, 7) is 0.412. The Kier molecular flexibility index (Phi) is 5.17. The first-order chi connectivity index (χ1) is 11.7. The number of thioether (sulfide) groups is 1. The summed E-state index contributed by atoms with van der Waals surface area (Å²) in [5.41, 5.74) is 1.82. The van der Waals surface area contributed by atoms with Gasteiger partial charge in [0.25, 0.3) is 5.91 Å². The first-order valence-electron chi connectivity index (χ1n) is 7.26. The molecule has 1 N–H and O–H groups in total. The molecule has 6 heteroatoms. The molecular weight excluding hydrogens is 342 g/mol. The van der Waals surface area contributed by atoms with Gasteiger partial charge in [0.15, 0.2) is 11.5 Å². The zero-order valence-corrected chi connectivity index (χ0v) is 14.6. The highest BCUT2D eigenvalue weighted by molar-refractivity contribution is 8.26.